The Kier molecular flexibility index (Phi) is 2.24. The third-order valence-electron chi connectivity index (χ3n) is 2.03. The molecule has 0 atom stereocenters. The average molecular weight is 205 g/mol. The van der Waals surface area contributed by atoms with Gasteiger partial charge in [-0.15, -0.1) is 0 Å². The molecule has 2 N–H and O–H groups in total. The number of nitrogen functional groups attached to an aromatic ring is 1. The molecule has 6 nitrogen and oxygen atoms in total. The molecular weight excluding hydrogens is 194 g/mol. The monoisotopic (exact) mass is 205 g/mol. The summed E-state index contributed by atoms with van der Waals surface area (Å²) < 4.78 is 2.74. The molecule has 0 amide bonds. The molecule has 0 aromatic carbocycles. The normalized spacial score (nSPS) is 10.5. The zero-order valence-electron chi connectivity index (χ0n) is 8.29. The van der Waals surface area contributed by atoms with Crippen molar-refractivity contribution in [1.29, 1.82) is 0 Å². The number of aryl methyl sites for hydroxylation is 1. The smallest absolute Gasteiger partial charge is 0.345 e. The number of anilines is 1. The van der Waals surface area contributed by atoms with Crippen molar-refractivity contribution in [3.63, 3.8) is 0 Å². The van der Waals surface area contributed by atoms with Gasteiger partial charge in [-0.05, 0) is 12.1 Å². The number of rotatable bonds is 2. The van der Waals surface area contributed by atoms with Gasteiger partial charge < -0.3 is 5.73 Å². The molecule has 0 bridgehead atoms. The first kappa shape index (κ1) is 9.45. The van der Waals surface area contributed by atoms with Gasteiger partial charge in [-0.2, -0.15) is 5.10 Å². The fraction of sp³-hybridized carbons (Fsp3) is 0.222. The van der Waals surface area contributed by atoms with Crippen molar-refractivity contribution in [3.8, 4) is 0 Å². The Bertz CT molecular complexity index is 527. The molecule has 78 valence electrons. The van der Waals surface area contributed by atoms with Crippen molar-refractivity contribution in [2.45, 2.75) is 6.54 Å². The predicted octanol–water partition coefficient (Wildman–Crippen LogP) is -0.393. The molecule has 2 aromatic rings. The van der Waals surface area contributed by atoms with Crippen LogP contribution in [0.25, 0.3) is 0 Å². The molecule has 0 fully saturated rings. The minimum atomic E-state index is -0.167. The van der Waals surface area contributed by atoms with Gasteiger partial charge in [0, 0.05) is 7.05 Å². The lowest BCUT2D eigenvalue weighted by molar-refractivity contribution is 0.636. The van der Waals surface area contributed by atoms with Crippen LogP contribution in [0, 0.1) is 0 Å². The van der Waals surface area contributed by atoms with E-state index in [1.165, 1.54) is 15.6 Å². The minimum absolute atomic E-state index is 0.167. The number of aromatic nitrogens is 4. The largest absolute Gasteiger partial charge is 0.384 e. The molecule has 0 saturated heterocycles. The molecule has 2 rings (SSSR count). The zero-order chi connectivity index (χ0) is 10.8. The predicted molar refractivity (Wildman–Crippen MR) is 55.2 cm³/mol. The summed E-state index contributed by atoms with van der Waals surface area (Å²) in [5.74, 6) is 0.441. The molecule has 0 saturated carbocycles. The highest BCUT2D eigenvalue weighted by Crippen LogP contribution is 2.00. The van der Waals surface area contributed by atoms with Crippen molar-refractivity contribution in [2.75, 3.05) is 5.73 Å². The number of hydrogen-bond donors (Lipinski definition) is 1. The van der Waals surface area contributed by atoms with Crippen molar-refractivity contribution in [2.24, 2.45) is 7.05 Å². The van der Waals surface area contributed by atoms with Crippen molar-refractivity contribution in [3.05, 3.63) is 40.7 Å². The van der Waals surface area contributed by atoms with Crippen LogP contribution in [0.5, 0.6) is 0 Å². The highest BCUT2D eigenvalue weighted by molar-refractivity contribution is 5.28. The molecule has 2 heterocycles. The number of nitrogens with two attached hydrogens (primary N) is 1. The van der Waals surface area contributed by atoms with E-state index in [-0.39, 0.29) is 5.69 Å². The second kappa shape index (κ2) is 3.56. The fourth-order valence-corrected chi connectivity index (χ4v) is 1.27. The lowest BCUT2D eigenvalue weighted by atomic mass is 10.3. The summed E-state index contributed by atoms with van der Waals surface area (Å²) in [6.07, 6.45) is 1.47. The molecule has 0 aliphatic rings. The molecule has 0 spiro atoms. The van der Waals surface area contributed by atoms with Gasteiger partial charge in [-0.1, -0.05) is 6.07 Å². The SMILES string of the molecule is Cn1cnn(Cc2cccc(N)n2)c1=O. The maximum atomic E-state index is 11.5. The second-order valence-corrected chi connectivity index (χ2v) is 3.24. The van der Waals surface area contributed by atoms with E-state index in [4.69, 9.17) is 5.73 Å². The van der Waals surface area contributed by atoms with Crippen LogP contribution in [-0.4, -0.2) is 19.3 Å². The molecule has 15 heavy (non-hydrogen) atoms. The quantitative estimate of drug-likeness (QED) is 0.724. The van der Waals surface area contributed by atoms with Crippen molar-refractivity contribution < 1.29 is 0 Å². The molecule has 0 aliphatic heterocycles. The van der Waals surface area contributed by atoms with E-state index >= 15 is 0 Å². The fourth-order valence-electron chi connectivity index (χ4n) is 1.27. The van der Waals surface area contributed by atoms with Crippen LogP contribution in [-0.2, 0) is 13.6 Å². The summed E-state index contributed by atoms with van der Waals surface area (Å²) in [6, 6.07) is 5.30. The topological polar surface area (TPSA) is 78.7 Å². The van der Waals surface area contributed by atoms with Gasteiger partial charge in [0.2, 0.25) is 0 Å². The van der Waals surface area contributed by atoms with Crippen LogP contribution in [0.2, 0.25) is 0 Å². The van der Waals surface area contributed by atoms with E-state index in [2.05, 4.69) is 10.1 Å². The van der Waals surface area contributed by atoms with Gasteiger partial charge in [-0.25, -0.2) is 14.5 Å². The first-order valence-corrected chi connectivity index (χ1v) is 4.46. The Balaban J connectivity index is 2.30. The van der Waals surface area contributed by atoms with Gasteiger partial charge >= 0.3 is 5.69 Å². The van der Waals surface area contributed by atoms with Crippen LogP contribution in [0.1, 0.15) is 5.69 Å². The standard InChI is InChI=1S/C9H11N5O/c1-13-6-11-14(9(13)15)5-7-3-2-4-8(10)12-7/h2-4,6H,5H2,1H3,(H2,10,12). The summed E-state index contributed by atoms with van der Waals surface area (Å²) in [5, 5.41) is 3.93. The summed E-state index contributed by atoms with van der Waals surface area (Å²) in [4.78, 5) is 15.6. The van der Waals surface area contributed by atoms with Crippen molar-refractivity contribution in [1.82, 2.24) is 19.3 Å². The van der Waals surface area contributed by atoms with E-state index in [1.54, 1.807) is 25.2 Å². The Morgan fingerprint density at radius 1 is 1.47 bits per heavy atom. The zero-order valence-corrected chi connectivity index (χ0v) is 8.29. The Labute approximate surface area is 86.0 Å². The van der Waals surface area contributed by atoms with Gasteiger partial charge in [0.05, 0.1) is 12.2 Å². The van der Waals surface area contributed by atoms with Crippen LogP contribution in [0.4, 0.5) is 5.82 Å². The third-order valence-corrected chi connectivity index (χ3v) is 2.03. The summed E-state index contributed by atoms with van der Waals surface area (Å²) >= 11 is 0. The molecule has 0 aliphatic carbocycles. The summed E-state index contributed by atoms with van der Waals surface area (Å²) in [7, 11) is 1.65. The molecule has 0 radical (unpaired) electrons. The summed E-state index contributed by atoms with van der Waals surface area (Å²) in [5.41, 5.74) is 6.08. The highest BCUT2D eigenvalue weighted by Gasteiger charge is 2.03. The second-order valence-electron chi connectivity index (χ2n) is 3.24. The van der Waals surface area contributed by atoms with E-state index < -0.39 is 0 Å². The van der Waals surface area contributed by atoms with E-state index in [9.17, 15) is 4.79 Å². The average Bonchev–Trinajstić information content (AvgIpc) is 2.50. The third kappa shape index (κ3) is 1.88. The Hall–Kier alpha value is -2.11. The first-order valence-electron chi connectivity index (χ1n) is 4.46. The number of hydrogen-bond acceptors (Lipinski definition) is 4. The lowest BCUT2D eigenvalue weighted by Crippen LogP contribution is -2.23. The van der Waals surface area contributed by atoms with E-state index in [1.807, 2.05) is 0 Å². The summed E-state index contributed by atoms with van der Waals surface area (Å²) in [6.45, 7) is 0.338. The maximum absolute atomic E-state index is 11.5. The van der Waals surface area contributed by atoms with Crippen LogP contribution >= 0.6 is 0 Å². The lowest BCUT2D eigenvalue weighted by Gasteiger charge is -2.00. The van der Waals surface area contributed by atoms with Gasteiger partial charge in [0.15, 0.2) is 0 Å². The van der Waals surface area contributed by atoms with Gasteiger partial charge in [0.1, 0.15) is 12.1 Å². The van der Waals surface area contributed by atoms with Gasteiger partial charge in [-0.3, -0.25) is 4.57 Å². The minimum Gasteiger partial charge on any atom is -0.384 e. The highest BCUT2D eigenvalue weighted by atomic mass is 16.2. The van der Waals surface area contributed by atoms with E-state index in [0.717, 1.165) is 5.69 Å². The maximum Gasteiger partial charge on any atom is 0.345 e. The number of nitrogens with zero attached hydrogens (tertiary/aromatic N) is 4. The van der Waals surface area contributed by atoms with Crippen LogP contribution in [0.3, 0.4) is 0 Å². The first-order chi connectivity index (χ1) is 7.16. The molecule has 0 unspecified atom stereocenters. The Morgan fingerprint density at radius 3 is 2.87 bits per heavy atom. The van der Waals surface area contributed by atoms with E-state index in [0.29, 0.717) is 12.4 Å². The van der Waals surface area contributed by atoms with Crippen LogP contribution < -0.4 is 11.4 Å². The molecular formula is C9H11N5O. The van der Waals surface area contributed by atoms with Gasteiger partial charge in [0.25, 0.3) is 0 Å². The van der Waals surface area contributed by atoms with Crippen LogP contribution in [0.15, 0.2) is 29.3 Å². The molecule has 6 heteroatoms. The van der Waals surface area contributed by atoms with Crippen molar-refractivity contribution >= 4 is 5.82 Å². The Morgan fingerprint density at radius 2 is 2.27 bits per heavy atom. The molecule has 2 aromatic heterocycles. The number of pyridine rings is 1.